The number of nitrogens with one attached hydrogen (secondary N) is 1. The van der Waals surface area contributed by atoms with Crippen molar-refractivity contribution in [3.05, 3.63) is 0 Å². The third kappa shape index (κ3) is 2.83. The van der Waals surface area contributed by atoms with Gasteiger partial charge in [-0.25, -0.2) is 8.78 Å². The summed E-state index contributed by atoms with van der Waals surface area (Å²) >= 11 is 0. The van der Waals surface area contributed by atoms with Crippen LogP contribution in [0.2, 0.25) is 0 Å². The molecule has 0 atom stereocenters. The lowest BCUT2D eigenvalue weighted by atomic mass is 9.86. The van der Waals surface area contributed by atoms with Gasteiger partial charge in [0.2, 0.25) is 23.6 Å². The lowest BCUT2D eigenvalue weighted by molar-refractivity contribution is -0.150. The number of imide groups is 1. The lowest BCUT2D eigenvalue weighted by Crippen LogP contribution is -2.55. The van der Waals surface area contributed by atoms with Crippen molar-refractivity contribution >= 4 is 17.7 Å². The van der Waals surface area contributed by atoms with E-state index in [9.17, 15) is 23.2 Å². The van der Waals surface area contributed by atoms with Crippen molar-refractivity contribution in [1.29, 1.82) is 0 Å². The van der Waals surface area contributed by atoms with Crippen LogP contribution in [0.5, 0.6) is 0 Å². The number of carbonyl (C=O) groups is 3. The van der Waals surface area contributed by atoms with Crippen LogP contribution >= 0.6 is 0 Å². The normalized spacial score (nSPS) is 24.9. The Labute approximate surface area is 103 Å². The van der Waals surface area contributed by atoms with Gasteiger partial charge in [0.05, 0.1) is 0 Å². The van der Waals surface area contributed by atoms with Gasteiger partial charge in [-0.2, -0.15) is 0 Å². The summed E-state index contributed by atoms with van der Waals surface area (Å²) in [6, 6.07) is 0. The zero-order valence-corrected chi connectivity index (χ0v) is 9.75. The van der Waals surface area contributed by atoms with E-state index >= 15 is 0 Å². The minimum atomic E-state index is -2.69. The second kappa shape index (κ2) is 4.62. The van der Waals surface area contributed by atoms with E-state index in [1.54, 1.807) is 0 Å². The second-order valence-corrected chi connectivity index (χ2v) is 4.80. The quantitative estimate of drug-likeness (QED) is 0.689. The maximum absolute atomic E-state index is 13.0. The first-order valence-electron chi connectivity index (χ1n) is 5.87. The number of hydrogen-bond acceptors (Lipinski definition) is 3. The smallest absolute Gasteiger partial charge is 0.248 e. The highest BCUT2D eigenvalue weighted by Crippen LogP contribution is 2.36. The van der Waals surface area contributed by atoms with Crippen molar-refractivity contribution in [2.75, 3.05) is 13.1 Å². The SMILES string of the molecule is O=C1CN(C(=O)C2CCC(F)(F)CC2)CC(=O)N1. The molecule has 1 heterocycles. The van der Waals surface area contributed by atoms with Crippen LogP contribution < -0.4 is 5.32 Å². The monoisotopic (exact) mass is 260 g/mol. The number of nitrogens with zero attached hydrogens (tertiary/aromatic N) is 1. The molecule has 0 aromatic heterocycles. The fourth-order valence-electron chi connectivity index (χ4n) is 2.34. The molecule has 18 heavy (non-hydrogen) atoms. The number of piperazine rings is 1. The number of halogens is 2. The lowest BCUT2D eigenvalue weighted by Gasteiger charge is -2.32. The Morgan fingerprint density at radius 3 is 2.17 bits per heavy atom. The Kier molecular flexibility index (Phi) is 3.32. The van der Waals surface area contributed by atoms with Gasteiger partial charge < -0.3 is 4.90 Å². The van der Waals surface area contributed by atoms with Gasteiger partial charge >= 0.3 is 0 Å². The third-order valence-electron chi connectivity index (χ3n) is 3.33. The van der Waals surface area contributed by atoms with Gasteiger partial charge in [-0.15, -0.1) is 0 Å². The predicted octanol–water partition coefficient (Wildman–Crippen LogP) is 0.297. The molecule has 1 saturated heterocycles. The van der Waals surface area contributed by atoms with Gasteiger partial charge in [0.15, 0.2) is 0 Å². The van der Waals surface area contributed by atoms with Crippen LogP contribution in [0.15, 0.2) is 0 Å². The van der Waals surface area contributed by atoms with Crippen molar-refractivity contribution < 1.29 is 23.2 Å². The van der Waals surface area contributed by atoms with Crippen LogP contribution in [0, 0.1) is 5.92 Å². The van der Waals surface area contributed by atoms with Crippen LogP contribution in [-0.4, -0.2) is 41.6 Å². The van der Waals surface area contributed by atoms with Crippen LogP contribution in [0.3, 0.4) is 0 Å². The number of rotatable bonds is 1. The van der Waals surface area contributed by atoms with E-state index in [0.717, 1.165) is 4.90 Å². The molecule has 5 nitrogen and oxygen atoms in total. The molecule has 2 aliphatic rings. The molecule has 0 spiro atoms. The second-order valence-electron chi connectivity index (χ2n) is 4.80. The van der Waals surface area contributed by atoms with Crippen LogP contribution in [0.1, 0.15) is 25.7 Å². The minimum Gasteiger partial charge on any atom is -0.324 e. The van der Waals surface area contributed by atoms with Crippen LogP contribution in [0.4, 0.5) is 8.78 Å². The van der Waals surface area contributed by atoms with Crippen molar-refractivity contribution in [3.8, 4) is 0 Å². The Morgan fingerprint density at radius 1 is 1.17 bits per heavy atom. The highest BCUT2D eigenvalue weighted by molar-refractivity contribution is 6.02. The number of hydrogen-bond donors (Lipinski definition) is 1. The van der Waals surface area contributed by atoms with Crippen molar-refractivity contribution in [3.63, 3.8) is 0 Å². The van der Waals surface area contributed by atoms with E-state index in [1.807, 2.05) is 0 Å². The molecule has 100 valence electrons. The minimum absolute atomic E-state index is 0.109. The molecule has 1 N–H and O–H groups in total. The van der Waals surface area contributed by atoms with Crippen molar-refractivity contribution in [2.45, 2.75) is 31.6 Å². The molecule has 2 fully saturated rings. The summed E-state index contributed by atoms with van der Waals surface area (Å²) < 4.78 is 25.9. The summed E-state index contributed by atoms with van der Waals surface area (Å²) in [7, 11) is 0. The molecular formula is C11H14F2N2O3. The standard InChI is InChI=1S/C11H14F2N2O3/c12-11(13)3-1-7(2-4-11)10(18)15-5-8(16)14-9(17)6-15/h7H,1-6H2,(H,14,16,17). The Morgan fingerprint density at radius 2 is 1.67 bits per heavy atom. The topological polar surface area (TPSA) is 66.5 Å². The molecule has 1 aliphatic heterocycles. The van der Waals surface area contributed by atoms with Gasteiger partial charge in [0.1, 0.15) is 13.1 Å². The van der Waals surface area contributed by atoms with Gasteiger partial charge in [-0.3, -0.25) is 19.7 Å². The first-order valence-corrected chi connectivity index (χ1v) is 5.87. The number of carbonyl (C=O) groups excluding carboxylic acids is 3. The van der Waals surface area contributed by atoms with Crippen LogP contribution in [0.25, 0.3) is 0 Å². The highest BCUT2D eigenvalue weighted by Gasteiger charge is 2.39. The highest BCUT2D eigenvalue weighted by atomic mass is 19.3. The summed E-state index contributed by atoms with van der Waals surface area (Å²) in [5.41, 5.74) is 0. The fourth-order valence-corrected chi connectivity index (χ4v) is 2.34. The van der Waals surface area contributed by atoms with E-state index in [2.05, 4.69) is 5.32 Å². The molecule has 2 rings (SSSR count). The zero-order valence-electron chi connectivity index (χ0n) is 9.75. The van der Waals surface area contributed by atoms with E-state index in [4.69, 9.17) is 0 Å². The van der Waals surface area contributed by atoms with Crippen molar-refractivity contribution in [2.24, 2.45) is 5.92 Å². The predicted molar refractivity (Wildman–Crippen MR) is 56.6 cm³/mol. The molecule has 0 bridgehead atoms. The van der Waals surface area contributed by atoms with Crippen LogP contribution in [-0.2, 0) is 14.4 Å². The summed E-state index contributed by atoms with van der Waals surface area (Å²) in [6.07, 6.45) is -0.398. The maximum atomic E-state index is 13.0. The fraction of sp³-hybridized carbons (Fsp3) is 0.727. The number of amides is 3. The summed E-state index contributed by atoms with van der Waals surface area (Å²) in [5.74, 6) is -4.61. The van der Waals surface area contributed by atoms with Gasteiger partial charge in [0, 0.05) is 18.8 Å². The Bertz CT molecular complexity index is 372. The summed E-state index contributed by atoms with van der Waals surface area (Å²) in [4.78, 5) is 35.4. The molecule has 1 aliphatic carbocycles. The summed E-state index contributed by atoms with van der Waals surface area (Å²) in [5, 5.41) is 2.09. The van der Waals surface area contributed by atoms with Gasteiger partial charge in [0.25, 0.3) is 0 Å². The molecule has 7 heteroatoms. The van der Waals surface area contributed by atoms with E-state index in [-0.39, 0.29) is 44.7 Å². The molecule has 1 saturated carbocycles. The van der Waals surface area contributed by atoms with Gasteiger partial charge in [-0.05, 0) is 12.8 Å². The molecule has 0 radical (unpaired) electrons. The van der Waals surface area contributed by atoms with E-state index in [1.165, 1.54) is 0 Å². The molecule has 0 unspecified atom stereocenters. The molecular weight excluding hydrogens is 246 g/mol. The average Bonchev–Trinajstić information content (AvgIpc) is 2.27. The first kappa shape index (κ1) is 12.9. The van der Waals surface area contributed by atoms with Gasteiger partial charge in [-0.1, -0.05) is 0 Å². The average molecular weight is 260 g/mol. The van der Waals surface area contributed by atoms with E-state index in [0.29, 0.717) is 0 Å². The molecule has 3 amide bonds. The maximum Gasteiger partial charge on any atom is 0.248 e. The molecule has 0 aromatic carbocycles. The Hall–Kier alpha value is -1.53. The summed E-state index contributed by atoms with van der Waals surface area (Å²) in [6.45, 7) is -0.338. The van der Waals surface area contributed by atoms with E-state index < -0.39 is 23.7 Å². The Balaban J connectivity index is 1.95. The third-order valence-corrected chi connectivity index (χ3v) is 3.33. The van der Waals surface area contributed by atoms with Crippen molar-refractivity contribution in [1.82, 2.24) is 10.2 Å². The molecule has 0 aromatic rings. The zero-order chi connectivity index (χ0) is 13.3. The number of alkyl halides is 2. The largest absolute Gasteiger partial charge is 0.324 e. The first-order chi connectivity index (χ1) is 8.37.